The fourth-order valence-corrected chi connectivity index (χ4v) is 3.64. The van der Waals surface area contributed by atoms with E-state index in [-0.39, 0.29) is 6.10 Å². The Morgan fingerprint density at radius 2 is 2.20 bits per heavy atom. The third-order valence-electron chi connectivity index (χ3n) is 4.39. The summed E-state index contributed by atoms with van der Waals surface area (Å²) in [5.41, 5.74) is 3.26. The highest BCUT2D eigenvalue weighted by molar-refractivity contribution is 14.1. The number of pyridine rings is 1. The van der Waals surface area contributed by atoms with Crippen molar-refractivity contribution in [3.05, 3.63) is 57.9 Å². The predicted octanol–water partition coefficient (Wildman–Crippen LogP) is 3.59. The maximum atomic E-state index is 5.87. The van der Waals surface area contributed by atoms with Gasteiger partial charge in [-0.3, -0.25) is 0 Å². The van der Waals surface area contributed by atoms with Crippen molar-refractivity contribution in [2.24, 2.45) is 0 Å². The van der Waals surface area contributed by atoms with E-state index in [0.717, 1.165) is 24.4 Å². The van der Waals surface area contributed by atoms with E-state index < -0.39 is 0 Å². The molecule has 2 aromatic heterocycles. The largest absolute Gasteiger partial charge is 0.374 e. The highest BCUT2D eigenvalue weighted by atomic mass is 127. The smallest absolute Gasteiger partial charge is 0.138 e. The standard InChI is InChI=1S/C19H20IN3O2/c20-18-10-22-19-17(18)8-15(9-21-19)23-6-7-25-16(11-23)13-24-12-14-4-2-1-3-5-14/h1-5,8-10,16H,6-7,11-13H2,(H,21,22). The third-order valence-corrected chi connectivity index (χ3v) is 5.28. The van der Waals surface area contributed by atoms with Crippen LogP contribution in [0, 0.1) is 3.57 Å². The summed E-state index contributed by atoms with van der Waals surface area (Å²) in [7, 11) is 0. The van der Waals surface area contributed by atoms with Gasteiger partial charge in [-0.25, -0.2) is 4.98 Å². The van der Waals surface area contributed by atoms with E-state index in [9.17, 15) is 0 Å². The van der Waals surface area contributed by atoms with E-state index in [1.54, 1.807) is 0 Å². The van der Waals surface area contributed by atoms with Crippen molar-refractivity contribution in [3.8, 4) is 0 Å². The van der Waals surface area contributed by atoms with Gasteiger partial charge in [0, 0.05) is 28.2 Å². The molecular weight excluding hydrogens is 429 g/mol. The van der Waals surface area contributed by atoms with E-state index in [2.05, 4.69) is 55.7 Å². The van der Waals surface area contributed by atoms with Crippen LogP contribution in [0.4, 0.5) is 5.69 Å². The van der Waals surface area contributed by atoms with Gasteiger partial charge in [-0.05, 0) is 34.2 Å². The van der Waals surface area contributed by atoms with Gasteiger partial charge in [-0.1, -0.05) is 30.3 Å². The number of anilines is 1. The van der Waals surface area contributed by atoms with Gasteiger partial charge in [0.15, 0.2) is 0 Å². The number of aromatic nitrogens is 2. The minimum Gasteiger partial charge on any atom is -0.374 e. The molecule has 130 valence electrons. The van der Waals surface area contributed by atoms with Crippen molar-refractivity contribution >= 4 is 39.3 Å². The Morgan fingerprint density at radius 1 is 1.32 bits per heavy atom. The summed E-state index contributed by atoms with van der Waals surface area (Å²) in [5, 5.41) is 1.17. The number of H-pyrrole nitrogens is 1. The number of benzene rings is 1. The van der Waals surface area contributed by atoms with Crippen LogP contribution in [0.25, 0.3) is 11.0 Å². The van der Waals surface area contributed by atoms with Crippen molar-refractivity contribution in [1.29, 1.82) is 0 Å². The van der Waals surface area contributed by atoms with Crippen LogP contribution >= 0.6 is 22.6 Å². The number of fused-ring (bicyclic) bond motifs is 1. The van der Waals surface area contributed by atoms with Gasteiger partial charge in [0.25, 0.3) is 0 Å². The summed E-state index contributed by atoms with van der Waals surface area (Å²) in [6, 6.07) is 12.4. The Kier molecular flexibility index (Phi) is 5.19. The van der Waals surface area contributed by atoms with E-state index in [0.29, 0.717) is 19.8 Å². The van der Waals surface area contributed by atoms with Gasteiger partial charge in [-0.15, -0.1) is 0 Å². The molecule has 0 radical (unpaired) electrons. The van der Waals surface area contributed by atoms with Gasteiger partial charge in [0.05, 0.1) is 37.8 Å². The zero-order valence-electron chi connectivity index (χ0n) is 13.8. The van der Waals surface area contributed by atoms with Crippen molar-refractivity contribution in [3.63, 3.8) is 0 Å². The molecule has 1 fully saturated rings. The topological polar surface area (TPSA) is 50.4 Å². The molecule has 5 nitrogen and oxygen atoms in total. The second kappa shape index (κ2) is 7.72. The van der Waals surface area contributed by atoms with Gasteiger partial charge >= 0.3 is 0 Å². The molecule has 1 atom stereocenters. The second-order valence-electron chi connectivity index (χ2n) is 6.17. The normalized spacial score (nSPS) is 18.0. The third kappa shape index (κ3) is 3.96. The molecule has 1 N–H and O–H groups in total. The Morgan fingerprint density at radius 3 is 3.08 bits per heavy atom. The lowest BCUT2D eigenvalue weighted by atomic mass is 10.2. The fourth-order valence-electron chi connectivity index (χ4n) is 3.07. The molecule has 1 aliphatic rings. The first-order chi connectivity index (χ1) is 12.3. The second-order valence-corrected chi connectivity index (χ2v) is 7.33. The van der Waals surface area contributed by atoms with E-state index in [1.165, 1.54) is 14.5 Å². The van der Waals surface area contributed by atoms with Crippen LogP contribution in [0.15, 0.2) is 48.8 Å². The number of halogens is 1. The molecule has 0 saturated carbocycles. The molecule has 0 amide bonds. The highest BCUT2D eigenvalue weighted by Gasteiger charge is 2.21. The molecule has 4 rings (SSSR count). The van der Waals surface area contributed by atoms with Crippen LogP contribution in [0.5, 0.6) is 0 Å². The molecule has 3 aromatic rings. The Balaban J connectivity index is 1.37. The number of nitrogens with zero attached hydrogens (tertiary/aromatic N) is 2. The zero-order chi connectivity index (χ0) is 17.1. The number of ether oxygens (including phenoxy) is 2. The summed E-state index contributed by atoms with van der Waals surface area (Å²) in [6.07, 6.45) is 4.00. The lowest BCUT2D eigenvalue weighted by Crippen LogP contribution is -2.44. The summed E-state index contributed by atoms with van der Waals surface area (Å²) in [6.45, 7) is 3.63. The summed E-state index contributed by atoms with van der Waals surface area (Å²) >= 11 is 2.33. The molecule has 0 bridgehead atoms. The van der Waals surface area contributed by atoms with Crippen LogP contribution in [0.3, 0.4) is 0 Å². The molecule has 3 heterocycles. The van der Waals surface area contributed by atoms with Crippen molar-refractivity contribution in [2.45, 2.75) is 12.7 Å². The number of aromatic amines is 1. The number of rotatable bonds is 5. The van der Waals surface area contributed by atoms with Gasteiger partial charge < -0.3 is 19.4 Å². The average molecular weight is 449 g/mol. The lowest BCUT2D eigenvalue weighted by molar-refractivity contribution is -0.0283. The van der Waals surface area contributed by atoms with Gasteiger partial charge in [0.1, 0.15) is 5.65 Å². The molecule has 1 unspecified atom stereocenters. The Hall–Kier alpha value is -1.64. The van der Waals surface area contributed by atoms with Crippen LogP contribution in [-0.2, 0) is 16.1 Å². The lowest BCUT2D eigenvalue weighted by Gasteiger charge is -2.34. The number of hydrogen-bond donors (Lipinski definition) is 1. The molecule has 1 aromatic carbocycles. The molecule has 1 aliphatic heterocycles. The first-order valence-electron chi connectivity index (χ1n) is 8.40. The van der Waals surface area contributed by atoms with Gasteiger partial charge in [-0.2, -0.15) is 0 Å². The van der Waals surface area contributed by atoms with Crippen molar-refractivity contribution < 1.29 is 9.47 Å². The predicted molar refractivity (Wildman–Crippen MR) is 107 cm³/mol. The monoisotopic (exact) mass is 449 g/mol. The minimum absolute atomic E-state index is 0.0819. The van der Waals surface area contributed by atoms with Crippen LogP contribution in [0.1, 0.15) is 5.56 Å². The van der Waals surface area contributed by atoms with Gasteiger partial charge in [0.2, 0.25) is 0 Å². The molecule has 6 heteroatoms. The Labute approximate surface area is 160 Å². The van der Waals surface area contributed by atoms with Crippen LogP contribution < -0.4 is 4.90 Å². The first-order valence-corrected chi connectivity index (χ1v) is 9.48. The van der Waals surface area contributed by atoms with Crippen LogP contribution in [0.2, 0.25) is 0 Å². The number of hydrogen-bond acceptors (Lipinski definition) is 4. The molecule has 0 spiro atoms. The molecule has 25 heavy (non-hydrogen) atoms. The van der Waals surface area contributed by atoms with E-state index >= 15 is 0 Å². The Bertz CT molecular complexity index is 837. The van der Waals surface area contributed by atoms with Crippen LogP contribution in [-0.4, -0.2) is 42.4 Å². The molecule has 0 aliphatic carbocycles. The van der Waals surface area contributed by atoms with E-state index in [4.69, 9.17) is 9.47 Å². The minimum atomic E-state index is 0.0819. The summed E-state index contributed by atoms with van der Waals surface area (Å²) < 4.78 is 12.9. The molecular formula is C19H20IN3O2. The highest BCUT2D eigenvalue weighted by Crippen LogP contribution is 2.25. The maximum absolute atomic E-state index is 5.87. The average Bonchev–Trinajstić information content (AvgIpc) is 3.03. The van der Waals surface area contributed by atoms with Crippen molar-refractivity contribution in [1.82, 2.24) is 9.97 Å². The number of morpholine rings is 1. The van der Waals surface area contributed by atoms with E-state index in [1.807, 2.05) is 30.6 Å². The summed E-state index contributed by atoms with van der Waals surface area (Å²) in [4.78, 5) is 10.0. The zero-order valence-corrected chi connectivity index (χ0v) is 16.0. The SMILES string of the molecule is Ic1c[nH]c2ncc(N3CCOC(COCc4ccccc4)C3)cc12. The fraction of sp³-hybridized carbons (Fsp3) is 0.316. The summed E-state index contributed by atoms with van der Waals surface area (Å²) in [5.74, 6) is 0. The molecule has 1 saturated heterocycles. The number of nitrogens with one attached hydrogen (secondary N) is 1. The first kappa shape index (κ1) is 16.8. The quantitative estimate of drug-likeness (QED) is 0.606. The van der Waals surface area contributed by atoms with Crippen molar-refractivity contribution in [2.75, 3.05) is 31.2 Å². The maximum Gasteiger partial charge on any atom is 0.138 e.